The van der Waals surface area contributed by atoms with Gasteiger partial charge in [0.1, 0.15) is 0 Å². The molecule has 1 aromatic carbocycles. The van der Waals surface area contributed by atoms with E-state index >= 15 is 0 Å². The molecule has 0 fully saturated rings. The average molecular weight is 210 g/mol. The standard InChI is InChI=1S/C10H14N2O3/c1-7-3-2-4-8(12(14)15)10(7)9(13)5-6-11/h2-4,9,13H,5-6,11H2,1H3/t9-/m0/s1. The highest BCUT2D eigenvalue weighted by Crippen LogP contribution is 2.29. The van der Waals surface area contributed by atoms with Crippen LogP contribution in [0.4, 0.5) is 5.69 Å². The predicted molar refractivity (Wildman–Crippen MR) is 56.5 cm³/mol. The summed E-state index contributed by atoms with van der Waals surface area (Å²) in [6, 6.07) is 4.73. The van der Waals surface area contributed by atoms with E-state index in [9.17, 15) is 15.2 Å². The van der Waals surface area contributed by atoms with Gasteiger partial charge in [-0.05, 0) is 25.5 Å². The third-order valence-corrected chi connectivity index (χ3v) is 2.27. The van der Waals surface area contributed by atoms with Crippen LogP contribution in [0.5, 0.6) is 0 Å². The van der Waals surface area contributed by atoms with Crippen molar-refractivity contribution in [2.24, 2.45) is 5.73 Å². The summed E-state index contributed by atoms with van der Waals surface area (Å²) in [5.74, 6) is 0. The van der Waals surface area contributed by atoms with Crippen LogP contribution in [0.15, 0.2) is 18.2 Å². The van der Waals surface area contributed by atoms with E-state index in [0.717, 1.165) is 0 Å². The van der Waals surface area contributed by atoms with E-state index < -0.39 is 11.0 Å². The van der Waals surface area contributed by atoms with Crippen LogP contribution in [-0.4, -0.2) is 16.6 Å². The lowest BCUT2D eigenvalue weighted by Gasteiger charge is -2.12. The number of hydrogen-bond acceptors (Lipinski definition) is 4. The molecular formula is C10H14N2O3. The van der Waals surface area contributed by atoms with Gasteiger partial charge in [0.05, 0.1) is 16.6 Å². The number of rotatable bonds is 4. The Morgan fingerprint density at radius 1 is 1.60 bits per heavy atom. The van der Waals surface area contributed by atoms with E-state index in [0.29, 0.717) is 24.1 Å². The number of nitrogens with zero attached hydrogens (tertiary/aromatic N) is 1. The quantitative estimate of drug-likeness (QED) is 0.578. The number of nitrogens with two attached hydrogens (primary N) is 1. The number of aryl methyl sites for hydroxylation is 1. The summed E-state index contributed by atoms with van der Waals surface area (Å²) in [5.41, 5.74) is 6.35. The Balaban J connectivity index is 3.18. The van der Waals surface area contributed by atoms with Crippen LogP contribution in [0.3, 0.4) is 0 Å². The fourth-order valence-corrected chi connectivity index (χ4v) is 1.56. The molecule has 3 N–H and O–H groups in total. The number of aliphatic hydroxyl groups excluding tert-OH is 1. The Hall–Kier alpha value is -1.46. The summed E-state index contributed by atoms with van der Waals surface area (Å²) < 4.78 is 0. The lowest BCUT2D eigenvalue weighted by molar-refractivity contribution is -0.386. The Labute approximate surface area is 87.7 Å². The van der Waals surface area contributed by atoms with Crippen molar-refractivity contribution < 1.29 is 10.0 Å². The number of hydrogen-bond donors (Lipinski definition) is 2. The first-order valence-corrected chi connectivity index (χ1v) is 4.70. The zero-order valence-corrected chi connectivity index (χ0v) is 8.51. The largest absolute Gasteiger partial charge is 0.388 e. The Morgan fingerprint density at radius 3 is 2.80 bits per heavy atom. The number of aliphatic hydroxyl groups is 1. The van der Waals surface area contributed by atoms with Gasteiger partial charge in [-0.2, -0.15) is 0 Å². The summed E-state index contributed by atoms with van der Waals surface area (Å²) >= 11 is 0. The van der Waals surface area contributed by atoms with Gasteiger partial charge in [-0.15, -0.1) is 0 Å². The molecule has 0 radical (unpaired) electrons. The van der Waals surface area contributed by atoms with Crippen LogP contribution < -0.4 is 5.73 Å². The molecule has 0 saturated carbocycles. The lowest BCUT2D eigenvalue weighted by atomic mass is 9.99. The molecule has 0 aromatic heterocycles. The number of benzene rings is 1. The van der Waals surface area contributed by atoms with E-state index in [4.69, 9.17) is 5.73 Å². The molecule has 15 heavy (non-hydrogen) atoms. The first-order chi connectivity index (χ1) is 7.07. The number of nitro groups is 1. The monoisotopic (exact) mass is 210 g/mol. The van der Waals surface area contributed by atoms with E-state index in [-0.39, 0.29) is 5.69 Å². The summed E-state index contributed by atoms with van der Waals surface area (Å²) in [4.78, 5) is 10.3. The summed E-state index contributed by atoms with van der Waals surface area (Å²) in [7, 11) is 0. The zero-order chi connectivity index (χ0) is 11.4. The zero-order valence-electron chi connectivity index (χ0n) is 8.51. The molecule has 1 atom stereocenters. The molecule has 5 heteroatoms. The molecule has 82 valence electrons. The second-order valence-corrected chi connectivity index (χ2v) is 3.36. The van der Waals surface area contributed by atoms with E-state index in [1.807, 2.05) is 0 Å². The van der Waals surface area contributed by atoms with Crippen LogP contribution in [-0.2, 0) is 0 Å². The van der Waals surface area contributed by atoms with Gasteiger partial charge in [0.2, 0.25) is 0 Å². The predicted octanol–water partition coefficient (Wildman–Crippen LogP) is 1.29. The van der Waals surface area contributed by atoms with Crippen molar-refractivity contribution in [3.05, 3.63) is 39.4 Å². The molecule has 1 rings (SSSR count). The Bertz CT molecular complexity index is 366. The van der Waals surface area contributed by atoms with Crippen LogP contribution in [0.2, 0.25) is 0 Å². The molecule has 0 saturated heterocycles. The Kier molecular flexibility index (Phi) is 3.76. The molecule has 0 aliphatic carbocycles. The highest BCUT2D eigenvalue weighted by molar-refractivity contribution is 5.46. The molecule has 0 spiro atoms. The molecule has 0 unspecified atom stereocenters. The van der Waals surface area contributed by atoms with Crippen LogP contribution in [0.1, 0.15) is 23.7 Å². The summed E-state index contributed by atoms with van der Waals surface area (Å²) in [5, 5.41) is 20.5. The second-order valence-electron chi connectivity index (χ2n) is 3.36. The van der Waals surface area contributed by atoms with E-state index in [1.165, 1.54) is 6.07 Å². The van der Waals surface area contributed by atoms with Gasteiger partial charge in [0.25, 0.3) is 5.69 Å². The maximum absolute atomic E-state index is 10.7. The van der Waals surface area contributed by atoms with Crippen LogP contribution >= 0.6 is 0 Å². The first kappa shape index (κ1) is 11.6. The van der Waals surface area contributed by atoms with Gasteiger partial charge in [-0.1, -0.05) is 12.1 Å². The summed E-state index contributed by atoms with van der Waals surface area (Å²) in [6.07, 6.45) is -0.539. The molecule has 0 aliphatic rings. The van der Waals surface area contributed by atoms with Gasteiger partial charge in [0, 0.05) is 6.07 Å². The molecule has 0 aliphatic heterocycles. The minimum absolute atomic E-state index is 0.0454. The van der Waals surface area contributed by atoms with Crippen molar-refractivity contribution in [1.82, 2.24) is 0 Å². The first-order valence-electron chi connectivity index (χ1n) is 4.70. The normalized spacial score (nSPS) is 12.5. The van der Waals surface area contributed by atoms with Crippen molar-refractivity contribution in [1.29, 1.82) is 0 Å². The molecule has 1 aromatic rings. The van der Waals surface area contributed by atoms with E-state index in [1.54, 1.807) is 19.1 Å². The molecule has 5 nitrogen and oxygen atoms in total. The van der Waals surface area contributed by atoms with Gasteiger partial charge in [-0.25, -0.2) is 0 Å². The van der Waals surface area contributed by atoms with Gasteiger partial charge in [-0.3, -0.25) is 10.1 Å². The van der Waals surface area contributed by atoms with Crippen LogP contribution in [0, 0.1) is 17.0 Å². The van der Waals surface area contributed by atoms with Crippen LogP contribution in [0.25, 0.3) is 0 Å². The van der Waals surface area contributed by atoms with Crippen molar-refractivity contribution in [3.8, 4) is 0 Å². The third-order valence-electron chi connectivity index (χ3n) is 2.27. The molecule has 0 heterocycles. The molecular weight excluding hydrogens is 196 g/mol. The van der Waals surface area contributed by atoms with Crippen molar-refractivity contribution in [2.45, 2.75) is 19.4 Å². The van der Waals surface area contributed by atoms with Gasteiger partial charge >= 0.3 is 0 Å². The minimum Gasteiger partial charge on any atom is -0.388 e. The van der Waals surface area contributed by atoms with E-state index in [2.05, 4.69) is 0 Å². The lowest BCUT2D eigenvalue weighted by Crippen LogP contribution is -2.10. The fourth-order valence-electron chi connectivity index (χ4n) is 1.56. The van der Waals surface area contributed by atoms with Gasteiger partial charge < -0.3 is 10.8 Å². The second kappa shape index (κ2) is 4.86. The van der Waals surface area contributed by atoms with Crippen molar-refractivity contribution >= 4 is 5.69 Å². The third kappa shape index (κ3) is 2.51. The summed E-state index contributed by atoms with van der Waals surface area (Å²) in [6.45, 7) is 2.04. The minimum atomic E-state index is -0.864. The van der Waals surface area contributed by atoms with Gasteiger partial charge in [0.15, 0.2) is 0 Å². The maximum Gasteiger partial charge on any atom is 0.275 e. The van der Waals surface area contributed by atoms with Crippen molar-refractivity contribution in [3.63, 3.8) is 0 Å². The topological polar surface area (TPSA) is 89.4 Å². The smallest absolute Gasteiger partial charge is 0.275 e. The fraction of sp³-hybridized carbons (Fsp3) is 0.400. The number of nitro benzene ring substituents is 1. The molecule has 0 bridgehead atoms. The highest BCUT2D eigenvalue weighted by atomic mass is 16.6. The average Bonchev–Trinajstić information content (AvgIpc) is 2.17. The SMILES string of the molecule is Cc1cccc([N+](=O)[O-])c1[C@@H](O)CCN. The molecule has 0 amide bonds. The maximum atomic E-state index is 10.7. The Morgan fingerprint density at radius 2 is 2.27 bits per heavy atom. The highest BCUT2D eigenvalue weighted by Gasteiger charge is 2.21. The van der Waals surface area contributed by atoms with Crippen molar-refractivity contribution in [2.75, 3.05) is 6.54 Å².